The van der Waals surface area contributed by atoms with Gasteiger partial charge in [-0.1, -0.05) is 12.1 Å². The second-order valence-electron chi connectivity index (χ2n) is 5.86. The van der Waals surface area contributed by atoms with Crippen molar-refractivity contribution in [1.82, 2.24) is 0 Å². The molecule has 0 fully saturated rings. The van der Waals surface area contributed by atoms with Gasteiger partial charge in [-0.15, -0.1) is 22.7 Å². The van der Waals surface area contributed by atoms with Gasteiger partial charge in [-0.3, -0.25) is 9.59 Å². The number of nitriles is 2. The summed E-state index contributed by atoms with van der Waals surface area (Å²) >= 11 is 2.86. The first-order chi connectivity index (χ1) is 14.6. The maximum Gasteiger partial charge on any atom is 0.266 e. The van der Waals surface area contributed by atoms with Crippen molar-refractivity contribution in [3.05, 3.63) is 80.2 Å². The van der Waals surface area contributed by atoms with E-state index in [-0.39, 0.29) is 11.1 Å². The molecule has 3 aromatic rings. The standard InChI is InChI=1S/C22H14N4O2S2/c23-13-15(11-19-3-1-9-29-19)21(27)25-17-5-7-18(8-6-17)26-22(28)16(14-24)12-20-4-2-10-30-20/h1-12H,(H,25,27)(H,26,28)/b15-11-,16-12-. The number of carbonyl (C=O) groups is 2. The monoisotopic (exact) mass is 430 g/mol. The van der Waals surface area contributed by atoms with E-state index in [1.165, 1.54) is 34.8 Å². The lowest BCUT2D eigenvalue weighted by Crippen LogP contribution is -2.14. The van der Waals surface area contributed by atoms with Gasteiger partial charge in [-0.2, -0.15) is 10.5 Å². The normalized spacial score (nSPS) is 11.3. The molecule has 146 valence electrons. The van der Waals surface area contributed by atoms with E-state index in [1.807, 2.05) is 47.2 Å². The predicted molar refractivity (Wildman–Crippen MR) is 120 cm³/mol. The third kappa shape index (κ3) is 5.52. The summed E-state index contributed by atoms with van der Waals surface area (Å²) in [6.45, 7) is 0. The van der Waals surface area contributed by atoms with E-state index in [1.54, 1.807) is 24.3 Å². The van der Waals surface area contributed by atoms with E-state index in [9.17, 15) is 20.1 Å². The lowest BCUT2D eigenvalue weighted by atomic mass is 10.2. The van der Waals surface area contributed by atoms with Gasteiger partial charge in [-0.25, -0.2) is 0 Å². The molecule has 0 atom stereocenters. The molecule has 0 aliphatic carbocycles. The molecule has 0 aliphatic heterocycles. The molecule has 2 amide bonds. The smallest absolute Gasteiger partial charge is 0.266 e. The van der Waals surface area contributed by atoms with E-state index < -0.39 is 11.8 Å². The van der Waals surface area contributed by atoms with E-state index in [4.69, 9.17) is 0 Å². The number of thiophene rings is 2. The van der Waals surface area contributed by atoms with E-state index in [0.29, 0.717) is 11.4 Å². The highest BCUT2D eigenvalue weighted by Crippen LogP contribution is 2.18. The van der Waals surface area contributed by atoms with Gasteiger partial charge in [0.05, 0.1) is 0 Å². The Kier molecular flexibility index (Phi) is 6.91. The number of hydrogen-bond donors (Lipinski definition) is 2. The van der Waals surface area contributed by atoms with Gasteiger partial charge in [0.25, 0.3) is 11.8 Å². The van der Waals surface area contributed by atoms with Crippen molar-refractivity contribution in [1.29, 1.82) is 10.5 Å². The minimum Gasteiger partial charge on any atom is -0.321 e. The quantitative estimate of drug-likeness (QED) is 0.428. The van der Waals surface area contributed by atoms with Crippen LogP contribution in [0.1, 0.15) is 9.75 Å². The van der Waals surface area contributed by atoms with Gasteiger partial charge in [0.15, 0.2) is 0 Å². The first-order valence-electron chi connectivity index (χ1n) is 8.62. The van der Waals surface area contributed by atoms with Gasteiger partial charge in [0, 0.05) is 21.1 Å². The van der Waals surface area contributed by atoms with Crippen LogP contribution >= 0.6 is 22.7 Å². The number of nitrogens with one attached hydrogen (secondary N) is 2. The summed E-state index contributed by atoms with van der Waals surface area (Å²) in [7, 11) is 0. The molecule has 2 N–H and O–H groups in total. The summed E-state index contributed by atoms with van der Waals surface area (Å²) in [6, 6.07) is 17.5. The zero-order valence-corrected chi connectivity index (χ0v) is 17.1. The minimum absolute atomic E-state index is 0.00722. The number of carbonyl (C=O) groups excluding carboxylic acids is 2. The first-order valence-corrected chi connectivity index (χ1v) is 10.4. The Bertz CT molecular complexity index is 1080. The Balaban J connectivity index is 1.65. The Morgan fingerprint density at radius 1 is 0.733 bits per heavy atom. The van der Waals surface area contributed by atoms with Gasteiger partial charge < -0.3 is 10.6 Å². The van der Waals surface area contributed by atoms with Crippen molar-refractivity contribution < 1.29 is 9.59 Å². The molecule has 0 unspecified atom stereocenters. The van der Waals surface area contributed by atoms with Crippen LogP contribution in [-0.4, -0.2) is 11.8 Å². The van der Waals surface area contributed by atoms with Crippen LogP contribution in [0.4, 0.5) is 11.4 Å². The number of amides is 2. The fourth-order valence-electron chi connectivity index (χ4n) is 2.36. The molecule has 0 aliphatic rings. The van der Waals surface area contributed by atoms with Crippen LogP contribution in [0.2, 0.25) is 0 Å². The highest BCUT2D eigenvalue weighted by molar-refractivity contribution is 7.11. The van der Waals surface area contributed by atoms with Crippen molar-refractivity contribution in [2.75, 3.05) is 10.6 Å². The molecule has 3 rings (SSSR count). The third-order valence-electron chi connectivity index (χ3n) is 3.79. The average molecular weight is 431 g/mol. The van der Waals surface area contributed by atoms with Crippen LogP contribution in [0.5, 0.6) is 0 Å². The first kappa shape index (κ1) is 20.7. The number of anilines is 2. The summed E-state index contributed by atoms with van der Waals surface area (Å²) in [4.78, 5) is 26.2. The zero-order valence-electron chi connectivity index (χ0n) is 15.5. The molecule has 0 radical (unpaired) electrons. The predicted octanol–water partition coefficient (Wildman–Crippen LogP) is 4.90. The highest BCUT2D eigenvalue weighted by atomic mass is 32.1. The van der Waals surface area contributed by atoms with Gasteiger partial charge in [0.1, 0.15) is 23.3 Å². The maximum absolute atomic E-state index is 12.3. The summed E-state index contributed by atoms with van der Waals surface area (Å²) in [6.07, 6.45) is 3.05. The molecular formula is C22H14N4O2S2. The molecule has 8 heteroatoms. The molecule has 0 saturated heterocycles. The molecule has 0 spiro atoms. The second kappa shape index (κ2) is 9.99. The summed E-state index contributed by atoms with van der Waals surface area (Å²) in [5.74, 6) is -1.04. The van der Waals surface area contributed by atoms with Crippen LogP contribution < -0.4 is 10.6 Å². The molecule has 0 saturated carbocycles. The van der Waals surface area contributed by atoms with Crippen LogP contribution in [0.3, 0.4) is 0 Å². The van der Waals surface area contributed by atoms with Crippen LogP contribution in [0.15, 0.2) is 70.4 Å². The molecule has 1 aromatic carbocycles. The largest absolute Gasteiger partial charge is 0.321 e. The summed E-state index contributed by atoms with van der Waals surface area (Å²) < 4.78 is 0. The Hall–Kier alpha value is -3.98. The topological polar surface area (TPSA) is 106 Å². The third-order valence-corrected chi connectivity index (χ3v) is 5.43. The van der Waals surface area contributed by atoms with E-state index in [0.717, 1.165) is 9.75 Å². The Morgan fingerprint density at radius 2 is 1.13 bits per heavy atom. The summed E-state index contributed by atoms with van der Waals surface area (Å²) in [5.41, 5.74) is 0.930. The molecule has 2 aromatic heterocycles. The van der Waals surface area contributed by atoms with Crippen molar-refractivity contribution >= 4 is 58.0 Å². The fourth-order valence-corrected chi connectivity index (χ4v) is 3.68. The highest BCUT2D eigenvalue weighted by Gasteiger charge is 2.12. The lowest BCUT2D eigenvalue weighted by molar-refractivity contribution is -0.113. The van der Waals surface area contributed by atoms with E-state index >= 15 is 0 Å². The second-order valence-corrected chi connectivity index (χ2v) is 7.81. The average Bonchev–Trinajstić information content (AvgIpc) is 3.45. The molecule has 30 heavy (non-hydrogen) atoms. The minimum atomic E-state index is -0.520. The number of nitrogens with zero attached hydrogens (tertiary/aromatic N) is 2. The van der Waals surface area contributed by atoms with Crippen molar-refractivity contribution in [3.63, 3.8) is 0 Å². The zero-order chi connectivity index (χ0) is 21.3. The molecule has 2 heterocycles. The van der Waals surface area contributed by atoms with Crippen LogP contribution in [0.25, 0.3) is 12.2 Å². The Morgan fingerprint density at radius 3 is 1.43 bits per heavy atom. The maximum atomic E-state index is 12.3. The van der Waals surface area contributed by atoms with Gasteiger partial charge in [-0.05, 0) is 59.3 Å². The van der Waals surface area contributed by atoms with Crippen LogP contribution in [0, 0.1) is 22.7 Å². The molecule has 0 bridgehead atoms. The van der Waals surface area contributed by atoms with E-state index in [2.05, 4.69) is 10.6 Å². The van der Waals surface area contributed by atoms with Crippen LogP contribution in [-0.2, 0) is 9.59 Å². The summed E-state index contributed by atoms with van der Waals surface area (Å²) in [5, 5.41) is 27.5. The van der Waals surface area contributed by atoms with Crippen molar-refractivity contribution in [2.24, 2.45) is 0 Å². The van der Waals surface area contributed by atoms with Gasteiger partial charge in [0.2, 0.25) is 0 Å². The number of rotatable bonds is 6. The van der Waals surface area contributed by atoms with Crippen molar-refractivity contribution in [3.8, 4) is 12.1 Å². The fraction of sp³-hybridized carbons (Fsp3) is 0. The van der Waals surface area contributed by atoms with Gasteiger partial charge >= 0.3 is 0 Å². The molecule has 6 nitrogen and oxygen atoms in total. The number of hydrogen-bond acceptors (Lipinski definition) is 6. The number of benzene rings is 1. The lowest BCUT2D eigenvalue weighted by Gasteiger charge is -2.07. The molecular weight excluding hydrogens is 416 g/mol. The Labute approximate surface area is 181 Å². The SMILES string of the molecule is N#C/C(=C/c1cccs1)C(=O)Nc1ccc(NC(=O)/C(C#N)=C\c2cccs2)cc1. The van der Waals surface area contributed by atoms with Crippen molar-refractivity contribution in [2.45, 2.75) is 0 Å².